The van der Waals surface area contributed by atoms with Crippen LogP contribution in [0.15, 0.2) is 34.5 Å². The van der Waals surface area contributed by atoms with Gasteiger partial charge in [0.15, 0.2) is 5.16 Å². The lowest BCUT2D eigenvalue weighted by Crippen LogP contribution is -2.24. The average molecular weight is 256 g/mol. The molecule has 0 N–H and O–H groups in total. The summed E-state index contributed by atoms with van der Waals surface area (Å²) in [4.78, 5) is 20.5. The van der Waals surface area contributed by atoms with Gasteiger partial charge in [0, 0.05) is 30.3 Å². The maximum atomic E-state index is 12.2. The van der Waals surface area contributed by atoms with Crippen LogP contribution < -0.4 is 5.56 Å². The Morgan fingerprint density at radius 3 is 2.89 bits per heavy atom. The highest BCUT2D eigenvalue weighted by molar-refractivity contribution is 7.99. The molecule has 1 aliphatic rings. The van der Waals surface area contributed by atoms with E-state index in [-0.39, 0.29) is 11.1 Å². The van der Waals surface area contributed by atoms with E-state index in [0.717, 1.165) is 11.3 Å². The van der Waals surface area contributed by atoms with Gasteiger partial charge in [0.1, 0.15) is 11.6 Å². The maximum absolute atomic E-state index is 12.2. The minimum Gasteiger partial charge on any atom is -0.286 e. The van der Waals surface area contributed by atoms with Gasteiger partial charge in [0.2, 0.25) is 0 Å². The number of rotatable bonds is 1. The first-order valence-corrected chi connectivity index (χ1v) is 6.38. The Kier molecular flexibility index (Phi) is 2.61. The van der Waals surface area contributed by atoms with Crippen LogP contribution in [0.1, 0.15) is 5.56 Å². The van der Waals surface area contributed by atoms with Gasteiger partial charge in [-0.3, -0.25) is 14.3 Å². The summed E-state index contributed by atoms with van der Waals surface area (Å²) in [6.45, 7) is 0.622. The van der Waals surface area contributed by atoms with Crippen molar-refractivity contribution in [1.29, 1.82) is 5.26 Å². The first-order chi connectivity index (χ1) is 8.81. The number of hydrogen-bond acceptors (Lipinski definition) is 5. The van der Waals surface area contributed by atoms with Gasteiger partial charge in [0.05, 0.1) is 5.69 Å². The Bertz CT molecular complexity index is 702. The number of hydrogen-bond donors (Lipinski definition) is 0. The minimum atomic E-state index is -0.251. The highest BCUT2D eigenvalue weighted by atomic mass is 32.2. The summed E-state index contributed by atoms with van der Waals surface area (Å²) >= 11 is 1.54. The third kappa shape index (κ3) is 1.60. The zero-order valence-corrected chi connectivity index (χ0v) is 10.1. The molecule has 0 atom stereocenters. The zero-order valence-electron chi connectivity index (χ0n) is 9.33. The molecule has 3 heterocycles. The fourth-order valence-corrected chi connectivity index (χ4v) is 2.83. The SMILES string of the molecule is N#Cc1c(-c2ccncc2)nc2n(c1=O)CCS2. The molecule has 0 saturated heterocycles. The third-order valence-corrected chi connectivity index (χ3v) is 3.70. The van der Waals surface area contributed by atoms with Crippen molar-refractivity contribution >= 4 is 11.8 Å². The standard InChI is InChI=1S/C12H8N4OS/c13-7-9-10(8-1-3-14-4-2-8)15-12-16(11(9)17)5-6-18-12/h1-4H,5-6H2. The normalized spacial score (nSPS) is 13.1. The molecule has 0 fully saturated rings. The van der Waals surface area contributed by atoms with Crippen molar-refractivity contribution in [2.75, 3.05) is 5.75 Å². The summed E-state index contributed by atoms with van der Waals surface area (Å²) in [5.41, 5.74) is 1.05. The molecule has 5 nitrogen and oxygen atoms in total. The predicted molar refractivity (Wildman–Crippen MR) is 67.2 cm³/mol. The molecule has 0 spiro atoms. The quantitative estimate of drug-likeness (QED) is 0.719. The smallest absolute Gasteiger partial charge is 0.272 e. The minimum absolute atomic E-state index is 0.104. The van der Waals surface area contributed by atoms with Crippen molar-refractivity contribution in [3.05, 3.63) is 40.4 Å². The summed E-state index contributed by atoms with van der Waals surface area (Å²) < 4.78 is 1.56. The monoisotopic (exact) mass is 256 g/mol. The molecule has 3 rings (SSSR count). The first-order valence-electron chi connectivity index (χ1n) is 5.39. The Morgan fingerprint density at radius 1 is 1.39 bits per heavy atom. The lowest BCUT2D eigenvalue weighted by Gasteiger charge is -2.06. The van der Waals surface area contributed by atoms with E-state index in [1.165, 1.54) is 11.8 Å². The van der Waals surface area contributed by atoms with E-state index in [9.17, 15) is 4.79 Å². The number of nitrogens with zero attached hydrogens (tertiary/aromatic N) is 4. The van der Waals surface area contributed by atoms with Crippen LogP contribution in [-0.2, 0) is 6.54 Å². The summed E-state index contributed by atoms with van der Waals surface area (Å²) in [6, 6.07) is 5.47. The second kappa shape index (κ2) is 4.27. The summed E-state index contributed by atoms with van der Waals surface area (Å²) in [5, 5.41) is 9.85. The fourth-order valence-electron chi connectivity index (χ4n) is 1.89. The third-order valence-electron chi connectivity index (χ3n) is 2.75. The number of fused-ring (bicyclic) bond motifs is 1. The van der Waals surface area contributed by atoms with Crippen molar-refractivity contribution in [3.8, 4) is 17.3 Å². The summed E-state index contributed by atoms with van der Waals surface area (Å²) in [6.07, 6.45) is 3.24. The largest absolute Gasteiger partial charge is 0.286 e. The molecule has 88 valence electrons. The van der Waals surface area contributed by atoms with Crippen molar-refractivity contribution < 1.29 is 0 Å². The van der Waals surface area contributed by atoms with Crippen molar-refractivity contribution in [2.45, 2.75) is 11.7 Å². The van der Waals surface area contributed by atoms with Crippen LogP contribution in [0.2, 0.25) is 0 Å². The lowest BCUT2D eigenvalue weighted by atomic mass is 10.1. The zero-order chi connectivity index (χ0) is 12.5. The highest BCUT2D eigenvalue weighted by Crippen LogP contribution is 2.26. The Balaban J connectivity index is 2.32. The molecule has 0 aromatic carbocycles. The number of pyridine rings is 1. The number of nitriles is 1. The van der Waals surface area contributed by atoms with E-state index in [1.807, 2.05) is 6.07 Å². The predicted octanol–water partition coefficient (Wildman–Crippen LogP) is 1.28. The molecule has 0 radical (unpaired) electrons. The molecule has 0 aliphatic carbocycles. The van der Waals surface area contributed by atoms with Crippen LogP contribution in [0.5, 0.6) is 0 Å². The lowest BCUT2D eigenvalue weighted by molar-refractivity contribution is 0.655. The molecule has 0 saturated carbocycles. The van der Waals surface area contributed by atoms with Gasteiger partial charge in [-0.1, -0.05) is 11.8 Å². The topological polar surface area (TPSA) is 71.6 Å². The number of thioether (sulfide) groups is 1. The molecule has 2 aromatic rings. The molecule has 1 aliphatic heterocycles. The van der Waals surface area contributed by atoms with E-state index < -0.39 is 0 Å². The van der Waals surface area contributed by atoms with Gasteiger partial charge in [-0.15, -0.1) is 0 Å². The van der Waals surface area contributed by atoms with E-state index in [1.54, 1.807) is 29.1 Å². The van der Waals surface area contributed by atoms with Gasteiger partial charge < -0.3 is 0 Å². The van der Waals surface area contributed by atoms with E-state index in [0.29, 0.717) is 17.4 Å². The Hall–Kier alpha value is -2.13. The van der Waals surface area contributed by atoms with Crippen LogP contribution >= 0.6 is 11.8 Å². The van der Waals surface area contributed by atoms with Crippen LogP contribution in [-0.4, -0.2) is 20.3 Å². The summed E-state index contributed by atoms with van der Waals surface area (Å²) in [7, 11) is 0. The van der Waals surface area contributed by atoms with Gasteiger partial charge in [-0.05, 0) is 12.1 Å². The molecular formula is C12H8N4OS. The Morgan fingerprint density at radius 2 is 2.17 bits per heavy atom. The Labute approximate surface area is 107 Å². The van der Waals surface area contributed by atoms with E-state index in [4.69, 9.17) is 5.26 Å². The average Bonchev–Trinajstić information content (AvgIpc) is 2.88. The molecular weight excluding hydrogens is 248 g/mol. The van der Waals surface area contributed by atoms with Gasteiger partial charge in [-0.2, -0.15) is 5.26 Å². The fraction of sp³-hybridized carbons (Fsp3) is 0.167. The molecule has 2 aromatic heterocycles. The van der Waals surface area contributed by atoms with Crippen molar-refractivity contribution in [2.24, 2.45) is 0 Å². The molecule has 18 heavy (non-hydrogen) atoms. The van der Waals surface area contributed by atoms with Crippen LogP contribution in [0.4, 0.5) is 0 Å². The highest BCUT2D eigenvalue weighted by Gasteiger charge is 2.21. The van der Waals surface area contributed by atoms with Crippen LogP contribution in [0, 0.1) is 11.3 Å². The number of aromatic nitrogens is 3. The van der Waals surface area contributed by atoms with E-state index >= 15 is 0 Å². The molecule has 0 bridgehead atoms. The molecule has 0 unspecified atom stereocenters. The second-order valence-electron chi connectivity index (χ2n) is 3.77. The first kappa shape index (κ1) is 11.0. The van der Waals surface area contributed by atoms with Crippen molar-refractivity contribution in [3.63, 3.8) is 0 Å². The second-order valence-corrected chi connectivity index (χ2v) is 4.83. The van der Waals surface area contributed by atoms with Gasteiger partial charge in [-0.25, -0.2) is 4.98 Å². The van der Waals surface area contributed by atoms with Gasteiger partial charge in [0.25, 0.3) is 5.56 Å². The van der Waals surface area contributed by atoms with Crippen LogP contribution in [0.25, 0.3) is 11.3 Å². The summed E-state index contributed by atoms with van der Waals surface area (Å²) in [5.74, 6) is 0.826. The maximum Gasteiger partial charge on any atom is 0.272 e. The molecule has 0 amide bonds. The van der Waals surface area contributed by atoms with Crippen molar-refractivity contribution in [1.82, 2.24) is 14.5 Å². The molecule has 6 heteroatoms. The van der Waals surface area contributed by atoms with E-state index in [2.05, 4.69) is 9.97 Å². The van der Waals surface area contributed by atoms with Crippen LogP contribution in [0.3, 0.4) is 0 Å². The van der Waals surface area contributed by atoms with Gasteiger partial charge >= 0.3 is 0 Å².